The molecule has 2 heterocycles. The Hall–Kier alpha value is -1.39. The molecule has 1 saturated heterocycles. The first kappa shape index (κ1) is 14.5. The number of carbonyl (C=O) groups is 1. The Balaban J connectivity index is 1.73. The summed E-state index contributed by atoms with van der Waals surface area (Å²) in [5.74, 6) is 0.158. The van der Waals surface area contributed by atoms with Crippen molar-refractivity contribution in [2.24, 2.45) is 0 Å². The average molecular weight is 288 g/mol. The number of aliphatic hydroxyl groups is 1. The van der Waals surface area contributed by atoms with Gasteiger partial charge in [0.1, 0.15) is 0 Å². The highest BCUT2D eigenvalue weighted by atomic mass is 16.3. The summed E-state index contributed by atoms with van der Waals surface area (Å²) >= 11 is 0. The minimum atomic E-state index is -0.146. The van der Waals surface area contributed by atoms with E-state index in [9.17, 15) is 9.90 Å². The van der Waals surface area contributed by atoms with Crippen LogP contribution in [0.15, 0.2) is 24.3 Å². The average Bonchev–Trinajstić information content (AvgIpc) is 2.79. The van der Waals surface area contributed by atoms with Crippen molar-refractivity contribution >= 4 is 5.91 Å². The first-order valence-electron chi connectivity index (χ1n) is 8.01. The van der Waals surface area contributed by atoms with Crippen molar-refractivity contribution in [3.8, 4) is 0 Å². The summed E-state index contributed by atoms with van der Waals surface area (Å²) in [6, 6.07) is 8.16. The number of aliphatic hydroxyl groups excluding tert-OH is 1. The van der Waals surface area contributed by atoms with Gasteiger partial charge in [-0.2, -0.15) is 0 Å². The largest absolute Gasteiger partial charge is 0.394 e. The lowest BCUT2D eigenvalue weighted by atomic mass is 9.95. The summed E-state index contributed by atoms with van der Waals surface area (Å²) in [6.45, 7) is 1.61. The molecule has 1 fully saturated rings. The molecule has 3 rings (SSSR count). The first-order valence-corrected chi connectivity index (χ1v) is 8.01. The van der Waals surface area contributed by atoms with Crippen LogP contribution in [0.2, 0.25) is 0 Å². The molecule has 2 unspecified atom stereocenters. The molecule has 2 aliphatic rings. The second kappa shape index (κ2) is 6.58. The third-order valence-electron chi connectivity index (χ3n) is 4.75. The normalized spacial score (nSPS) is 26.0. The lowest BCUT2D eigenvalue weighted by molar-refractivity contribution is -0.136. The summed E-state index contributed by atoms with van der Waals surface area (Å²) in [6.07, 6.45) is 4.98. The quantitative estimate of drug-likeness (QED) is 0.866. The van der Waals surface area contributed by atoms with Crippen LogP contribution in [0.4, 0.5) is 0 Å². The lowest BCUT2D eigenvalue weighted by Crippen LogP contribution is -2.53. The molecule has 114 valence electrons. The Morgan fingerprint density at radius 3 is 2.86 bits per heavy atom. The van der Waals surface area contributed by atoms with Gasteiger partial charge < -0.3 is 15.3 Å². The molecular weight excluding hydrogens is 264 g/mol. The number of amides is 1. The van der Waals surface area contributed by atoms with E-state index in [1.165, 1.54) is 11.1 Å². The maximum Gasteiger partial charge on any atom is 0.240 e. The Labute approximate surface area is 126 Å². The third kappa shape index (κ3) is 3.11. The standard InChI is InChI=1S/C17H24N2O2/c20-12-15-8-2-1-5-9-19(15)17(21)16-10-13-6-3-4-7-14(13)11-18-16/h3-4,6-7,15-16,18,20H,1-2,5,8-12H2. The van der Waals surface area contributed by atoms with Crippen LogP contribution in [-0.4, -0.2) is 41.1 Å². The van der Waals surface area contributed by atoms with Crippen LogP contribution in [0.3, 0.4) is 0 Å². The van der Waals surface area contributed by atoms with Gasteiger partial charge in [0.25, 0.3) is 0 Å². The van der Waals surface area contributed by atoms with Crippen molar-refractivity contribution in [2.75, 3.05) is 13.2 Å². The minimum absolute atomic E-state index is 0.000953. The summed E-state index contributed by atoms with van der Waals surface area (Å²) < 4.78 is 0. The summed E-state index contributed by atoms with van der Waals surface area (Å²) in [5, 5.41) is 12.9. The molecule has 2 atom stereocenters. The molecule has 4 nitrogen and oxygen atoms in total. The highest BCUT2D eigenvalue weighted by Gasteiger charge is 2.32. The van der Waals surface area contributed by atoms with Gasteiger partial charge in [0, 0.05) is 13.1 Å². The maximum atomic E-state index is 12.8. The minimum Gasteiger partial charge on any atom is -0.394 e. The smallest absolute Gasteiger partial charge is 0.240 e. The fraction of sp³-hybridized carbons (Fsp3) is 0.588. The number of hydrogen-bond acceptors (Lipinski definition) is 3. The molecule has 0 aromatic heterocycles. The highest BCUT2D eigenvalue weighted by molar-refractivity contribution is 5.83. The van der Waals surface area contributed by atoms with E-state index in [0.29, 0.717) is 0 Å². The number of fused-ring (bicyclic) bond motifs is 1. The predicted octanol–water partition coefficient (Wildman–Crippen LogP) is 1.46. The Kier molecular flexibility index (Phi) is 4.56. The molecule has 2 aliphatic heterocycles. The van der Waals surface area contributed by atoms with Crippen molar-refractivity contribution in [3.05, 3.63) is 35.4 Å². The molecule has 21 heavy (non-hydrogen) atoms. The van der Waals surface area contributed by atoms with E-state index in [4.69, 9.17) is 0 Å². The van der Waals surface area contributed by atoms with Crippen molar-refractivity contribution in [1.29, 1.82) is 0 Å². The van der Waals surface area contributed by atoms with E-state index in [2.05, 4.69) is 17.4 Å². The van der Waals surface area contributed by atoms with Gasteiger partial charge in [-0.25, -0.2) is 0 Å². The van der Waals surface area contributed by atoms with Crippen LogP contribution in [0.5, 0.6) is 0 Å². The van der Waals surface area contributed by atoms with Gasteiger partial charge >= 0.3 is 0 Å². The zero-order chi connectivity index (χ0) is 14.7. The molecule has 2 N–H and O–H groups in total. The summed E-state index contributed by atoms with van der Waals surface area (Å²) in [4.78, 5) is 14.8. The van der Waals surface area contributed by atoms with Crippen molar-refractivity contribution in [2.45, 2.75) is 50.7 Å². The lowest BCUT2D eigenvalue weighted by Gasteiger charge is -2.34. The molecule has 0 radical (unpaired) electrons. The summed E-state index contributed by atoms with van der Waals surface area (Å²) in [5.41, 5.74) is 2.56. The molecule has 0 saturated carbocycles. The molecule has 0 bridgehead atoms. The van der Waals surface area contributed by atoms with E-state index >= 15 is 0 Å². The predicted molar refractivity (Wildman–Crippen MR) is 81.8 cm³/mol. The van der Waals surface area contributed by atoms with Gasteiger partial charge in [0.2, 0.25) is 5.91 Å². The van der Waals surface area contributed by atoms with Crippen LogP contribution in [0.1, 0.15) is 36.8 Å². The zero-order valence-corrected chi connectivity index (χ0v) is 12.4. The monoisotopic (exact) mass is 288 g/mol. The molecule has 1 aromatic carbocycles. The first-order chi connectivity index (χ1) is 10.3. The summed E-state index contributed by atoms with van der Waals surface area (Å²) in [7, 11) is 0. The van der Waals surface area contributed by atoms with Gasteiger partial charge in [-0.15, -0.1) is 0 Å². The number of benzene rings is 1. The Morgan fingerprint density at radius 1 is 1.24 bits per heavy atom. The Bertz CT molecular complexity index is 503. The van der Waals surface area contributed by atoms with Gasteiger partial charge in [0.05, 0.1) is 18.7 Å². The van der Waals surface area contributed by atoms with Crippen LogP contribution in [0, 0.1) is 0 Å². The number of carbonyl (C=O) groups excluding carboxylic acids is 1. The molecule has 0 spiro atoms. The number of hydrogen-bond donors (Lipinski definition) is 2. The van der Waals surface area contributed by atoms with Gasteiger partial charge in [0.15, 0.2) is 0 Å². The SMILES string of the molecule is O=C(C1Cc2ccccc2CN1)N1CCCCCC1CO. The van der Waals surface area contributed by atoms with E-state index in [-0.39, 0.29) is 24.6 Å². The van der Waals surface area contributed by atoms with Crippen LogP contribution >= 0.6 is 0 Å². The van der Waals surface area contributed by atoms with Crippen LogP contribution in [0.25, 0.3) is 0 Å². The molecule has 1 aromatic rings. The second-order valence-electron chi connectivity index (χ2n) is 6.12. The second-order valence-corrected chi connectivity index (χ2v) is 6.12. The zero-order valence-electron chi connectivity index (χ0n) is 12.4. The third-order valence-corrected chi connectivity index (χ3v) is 4.75. The molecule has 4 heteroatoms. The Morgan fingerprint density at radius 2 is 2.05 bits per heavy atom. The molecular formula is C17H24N2O2. The highest BCUT2D eigenvalue weighted by Crippen LogP contribution is 2.21. The van der Waals surface area contributed by atoms with Crippen LogP contribution < -0.4 is 5.32 Å². The van der Waals surface area contributed by atoms with E-state index < -0.39 is 0 Å². The van der Waals surface area contributed by atoms with Gasteiger partial charge in [-0.05, 0) is 30.4 Å². The topological polar surface area (TPSA) is 52.6 Å². The van der Waals surface area contributed by atoms with Gasteiger partial charge in [-0.1, -0.05) is 37.1 Å². The fourth-order valence-corrected chi connectivity index (χ4v) is 3.49. The maximum absolute atomic E-state index is 12.8. The molecule has 1 amide bonds. The fourth-order valence-electron chi connectivity index (χ4n) is 3.49. The van der Waals surface area contributed by atoms with E-state index in [1.807, 2.05) is 17.0 Å². The van der Waals surface area contributed by atoms with E-state index in [0.717, 1.165) is 45.2 Å². The van der Waals surface area contributed by atoms with Crippen molar-refractivity contribution in [3.63, 3.8) is 0 Å². The van der Waals surface area contributed by atoms with E-state index in [1.54, 1.807) is 0 Å². The number of nitrogens with zero attached hydrogens (tertiary/aromatic N) is 1. The number of nitrogens with one attached hydrogen (secondary N) is 1. The molecule has 0 aliphatic carbocycles. The van der Waals surface area contributed by atoms with Crippen molar-refractivity contribution < 1.29 is 9.90 Å². The van der Waals surface area contributed by atoms with Crippen molar-refractivity contribution in [1.82, 2.24) is 10.2 Å². The number of likely N-dealkylation sites (tertiary alicyclic amines) is 1. The van der Waals surface area contributed by atoms with Gasteiger partial charge in [-0.3, -0.25) is 4.79 Å². The van der Waals surface area contributed by atoms with Crippen LogP contribution in [-0.2, 0) is 17.8 Å². The number of rotatable bonds is 2.